The van der Waals surface area contributed by atoms with E-state index in [1.807, 2.05) is 14.1 Å². The largest absolute Gasteiger partial charge is 0.374 e. The molecule has 0 bridgehead atoms. The highest BCUT2D eigenvalue weighted by Crippen LogP contribution is 2.24. The number of hydrogen-bond acceptors (Lipinski definition) is 4. The quantitative estimate of drug-likeness (QED) is 0.833. The van der Waals surface area contributed by atoms with Crippen LogP contribution in [0, 0.1) is 13.8 Å². The van der Waals surface area contributed by atoms with Crippen LogP contribution in [0.1, 0.15) is 16.7 Å². The number of amides is 1. The predicted molar refractivity (Wildman–Crippen MR) is 95.0 cm³/mol. The Morgan fingerprint density at radius 3 is 2.58 bits per heavy atom. The van der Waals surface area contributed by atoms with Crippen LogP contribution in [0.4, 0.5) is 0 Å². The molecular weight excluding hydrogens is 302 g/mol. The van der Waals surface area contributed by atoms with Gasteiger partial charge >= 0.3 is 0 Å². The summed E-state index contributed by atoms with van der Waals surface area (Å²) >= 11 is 0. The molecule has 2 aliphatic rings. The van der Waals surface area contributed by atoms with Gasteiger partial charge in [0.25, 0.3) is 0 Å². The number of ether oxygens (including phenoxy) is 1. The number of carbonyl (C=O) groups is 1. The molecule has 24 heavy (non-hydrogen) atoms. The van der Waals surface area contributed by atoms with Crippen LogP contribution in [0.3, 0.4) is 0 Å². The maximum Gasteiger partial charge on any atom is 0.236 e. The molecule has 132 valence electrons. The molecule has 5 heteroatoms. The van der Waals surface area contributed by atoms with Gasteiger partial charge in [-0.2, -0.15) is 0 Å². The molecule has 1 amide bonds. The molecule has 2 atom stereocenters. The second-order valence-corrected chi connectivity index (χ2v) is 7.43. The standard InChI is InChI=1S/C19H29N3O2/c1-14-7-15(2)9-16(8-14)10-21-11-17-18(12-21)24-6-5-22(17)13-19(23)20(3)4/h7-9,17-18H,5-6,10-13H2,1-4H3/t17-,18+/m1/s1. The number of likely N-dealkylation sites (N-methyl/N-ethyl adjacent to an activating group) is 1. The van der Waals surface area contributed by atoms with E-state index in [0.717, 1.165) is 32.8 Å². The molecule has 1 aromatic carbocycles. The number of fused-ring (bicyclic) bond motifs is 1. The van der Waals surface area contributed by atoms with Crippen LogP contribution in [-0.2, 0) is 16.1 Å². The Morgan fingerprint density at radius 1 is 1.21 bits per heavy atom. The van der Waals surface area contributed by atoms with Gasteiger partial charge in [0.2, 0.25) is 5.91 Å². The molecule has 2 fully saturated rings. The van der Waals surface area contributed by atoms with Crippen molar-refractivity contribution in [1.82, 2.24) is 14.7 Å². The van der Waals surface area contributed by atoms with Crippen LogP contribution in [0.25, 0.3) is 0 Å². The fraction of sp³-hybridized carbons (Fsp3) is 0.632. The van der Waals surface area contributed by atoms with Crippen LogP contribution in [-0.4, -0.2) is 79.6 Å². The average Bonchev–Trinajstić information content (AvgIpc) is 2.89. The fourth-order valence-corrected chi connectivity index (χ4v) is 3.89. The molecule has 0 unspecified atom stereocenters. The van der Waals surface area contributed by atoms with Crippen molar-refractivity contribution in [3.8, 4) is 0 Å². The highest BCUT2D eigenvalue weighted by atomic mass is 16.5. The van der Waals surface area contributed by atoms with E-state index in [1.165, 1.54) is 16.7 Å². The molecule has 0 aliphatic carbocycles. The maximum absolute atomic E-state index is 12.1. The lowest BCUT2D eigenvalue weighted by Gasteiger charge is -2.36. The fourth-order valence-electron chi connectivity index (χ4n) is 3.89. The maximum atomic E-state index is 12.1. The minimum Gasteiger partial charge on any atom is -0.374 e. The SMILES string of the molecule is Cc1cc(C)cc(CN2C[C@@H]3OCCN(CC(=O)N(C)C)[C@@H]3C2)c1. The summed E-state index contributed by atoms with van der Waals surface area (Å²) in [4.78, 5) is 18.5. The van der Waals surface area contributed by atoms with E-state index >= 15 is 0 Å². The molecule has 0 N–H and O–H groups in total. The Labute approximate surface area is 145 Å². The van der Waals surface area contributed by atoms with Crippen molar-refractivity contribution in [2.24, 2.45) is 0 Å². The van der Waals surface area contributed by atoms with Crippen LogP contribution in [0.2, 0.25) is 0 Å². The van der Waals surface area contributed by atoms with Gasteiger partial charge in [-0.25, -0.2) is 0 Å². The summed E-state index contributed by atoms with van der Waals surface area (Å²) in [6.07, 6.45) is 0.222. The zero-order chi connectivity index (χ0) is 17.3. The molecule has 1 aromatic rings. The van der Waals surface area contributed by atoms with Crippen molar-refractivity contribution in [2.45, 2.75) is 32.5 Å². The molecule has 2 heterocycles. The number of aryl methyl sites for hydroxylation is 2. The predicted octanol–water partition coefficient (Wildman–Crippen LogP) is 1.28. The Morgan fingerprint density at radius 2 is 1.92 bits per heavy atom. The van der Waals surface area contributed by atoms with Crippen LogP contribution in [0.5, 0.6) is 0 Å². The normalized spacial score (nSPS) is 24.8. The van der Waals surface area contributed by atoms with Gasteiger partial charge in [-0.05, 0) is 19.4 Å². The van der Waals surface area contributed by atoms with Gasteiger partial charge in [-0.3, -0.25) is 14.6 Å². The number of carbonyl (C=O) groups excluding carboxylic acids is 1. The van der Waals surface area contributed by atoms with Gasteiger partial charge < -0.3 is 9.64 Å². The van der Waals surface area contributed by atoms with Crippen LogP contribution in [0.15, 0.2) is 18.2 Å². The number of morpholine rings is 1. The number of rotatable bonds is 4. The van der Waals surface area contributed by atoms with E-state index in [1.54, 1.807) is 4.90 Å². The summed E-state index contributed by atoms with van der Waals surface area (Å²) in [7, 11) is 3.64. The lowest BCUT2D eigenvalue weighted by Crippen LogP contribution is -2.53. The molecule has 5 nitrogen and oxygen atoms in total. The zero-order valence-corrected chi connectivity index (χ0v) is 15.3. The van der Waals surface area contributed by atoms with Crippen molar-refractivity contribution < 1.29 is 9.53 Å². The van der Waals surface area contributed by atoms with Crippen molar-refractivity contribution in [1.29, 1.82) is 0 Å². The van der Waals surface area contributed by atoms with Gasteiger partial charge in [-0.1, -0.05) is 29.3 Å². The third-order valence-electron chi connectivity index (χ3n) is 5.02. The molecule has 0 aromatic heterocycles. The number of likely N-dealkylation sites (tertiary alicyclic amines) is 1. The minimum atomic E-state index is 0.170. The highest BCUT2D eigenvalue weighted by Gasteiger charge is 2.40. The van der Waals surface area contributed by atoms with Gasteiger partial charge in [0.15, 0.2) is 0 Å². The highest BCUT2D eigenvalue weighted by molar-refractivity contribution is 5.77. The third-order valence-corrected chi connectivity index (χ3v) is 5.02. The smallest absolute Gasteiger partial charge is 0.236 e. The van der Waals surface area contributed by atoms with Gasteiger partial charge in [0, 0.05) is 40.3 Å². The summed E-state index contributed by atoms with van der Waals surface area (Å²) in [5.74, 6) is 0.170. The monoisotopic (exact) mass is 331 g/mol. The van der Waals surface area contributed by atoms with Crippen molar-refractivity contribution in [3.63, 3.8) is 0 Å². The van der Waals surface area contributed by atoms with E-state index in [2.05, 4.69) is 41.8 Å². The van der Waals surface area contributed by atoms with E-state index in [0.29, 0.717) is 12.6 Å². The Balaban J connectivity index is 1.64. The first-order chi connectivity index (χ1) is 11.4. The molecular formula is C19H29N3O2. The molecule has 2 saturated heterocycles. The van der Waals surface area contributed by atoms with Crippen molar-refractivity contribution in [2.75, 3.05) is 46.9 Å². The summed E-state index contributed by atoms with van der Waals surface area (Å²) < 4.78 is 5.98. The van der Waals surface area contributed by atoms with E-state index in [9.17, 15) is 4.79 Å². The van der Waals surface area contributed by atoms with Gasteiger partial charge in [0.05, 0.1) is 25.3 Å². The molecule has 3 rings (SSSR count). The second kappa shape index (κ2) is 7.21. The lowest BCUT2D eigenvalue weighted by atomic mass is 10.1. The third kappa shape index (κ3) is 3.97. The summed E-state index contributed by atoms with van der Waals surface area (Å²) in [5, 5.41) is 0. The number of benzene rings is 1. The van der Waals surface area contributed by atoms with E-state index in [-0.39, 0.29) is 12.0 Å². The first kappa shape index (κ1) is 17.4. The van der Waals surface area contributed by atoms with E-state index < -0.39 is 0 Å². The minimum absolute atomic E-state index is 0.170. The Hall–Kier alpha value is -1.43. The summed E-state index contributed by atoms with van der Waals surface area (Å²) in [5.41, 5.74) is 3.99. The van der Waals surface area contributed by atoms with Crippen LogP contribution >= 0.6 is 0 Å². The van der Waals surface area contributed by atoms with Crippen LogP contribution < -0.4 is 0 Å². The molecule has 0 saturated carbocycles. The second-order valence-electron chi connectivity index (χ2n) is 7.43. The Bertz CT molecular complexity index is 582. The molecule has 0 radical (unpaired) electrons. The first-order valence-corrected chi connectivity index (χ1v) is 8.77. The topological polar surface area (TPSA) is 36.0 Å². The van der Waals surface area contributed by atoms with E-state index in [4.69, 9.17) is 4.74 Å². The van der Waals surface area contributed by atoms with Crippen molar-refractivity contribution >= 4 is 5.91 Å². The van der Waals surface area contributed by atoms with Gasteiger partial charge in [-0.15, -0.1) is 0 Å². The summed E-state index contributed by atoms with van der Waals surface area (Å²) in [6, 6.07) is 7.07. The van der Waals surface area contributed by atoms with Crippen molar-refractivity contribution in [3.05, 3.63) is 34.9 Å². The number of hydrogen-bond donors (Lipinski definition) is 0. The lowest BCUT2D eigenvalue weighted by molar-refractivity contribution is -0.133. The summed E-state index contributed by atoms with van der Waals surface area (Å²) in [6.45, 7) is 9.24. The average molecular weight is 331 g/mol. The zero-order valence-electron chi connectivity index (χ0n) is 15.3. The number of nitrogens with zero attached hydrogens (tertiary/aromatic N) is 3. The van der Waals surface area contributed by atoms with Gasteiger partial charge in [0.1, 0.15) is 0 Å². The Kier molecular flexibility index (Phi) is 5.23. The molecule has 2 aliphatic heterocycles. The molecule has 0 spiro atoms. The first-order valence-electron chi connectivity index (χ1n) is 8.77.